The van der Waals surface area contributed by atoms with E-state index in [9.17, 15) is 0 Å². The molecule has 2 rings (SSSR count). The van der Waals surface area contributed by atoms with Crippen molar-refractivity contribution < 1.29 is 0 Å². The van der Waals surface area contributed by atoms with Crippen molar-refractivity contribution in [2.75, 3.05) is 0 Å². The number of hydrogen-bond acceptors (Lipinski definition) is 2. The van der Waals surface area contributed by atoms with Crippen LogP contribution in [0.15, 0.2) is 24.3 Å². The normalized spacial score (nSPS) is 18.1. The number of halogens is 1. The second-order valence-corrected chi connectivity index (χ2v) is 5.20. The fourth-order valence-corrected chi connectivity index (χ4v) is 2.28. The monoisotopic (exact) mass is 302 g/mol. The van der Waals surface area contributed by atoms with Crippen molar-refractivity contribution in [3.63, 3.8) is 0 Å². The van der Waals surface area contributed by atoms with Gasteiger partial charge in [-0.25, -0.2) is 0 Å². The zero-order valence-electron chi connectivity index (χ0n) is 8.04. The molecule has 0 heterocycles. The zero-order chi connectivity index (χ0) is 9.97. The highest BCUT2D eigenvalue weighted by Gasteiger charge is 2.25. The summed E-state index contributed by atoms with van der Waals surface area (Å²) in [6.45, 7) is 0. The molecule has 0 bridgehead atoms. The van der Waals surface area contributed by atoms with E-state index in [2.05, 4.69) is 52.3 Å². The van der Waals surface area contributed by atoms with E-state index in [0.717, 1.165) is 5.92 Å². The van der Waals surface area contributed by atoms with E-state index in [1.54, 1.807) is 0 Å². The van der Waals surface area contributed by atoms with E-state index >= 15 is 0 Å². The van der Waals surface area contributed by atoms with Crippen molar-refractivity contribution in [1.82, 2.24) is 5.43 Å². The van der Waals surface area contributed by atoms with Crippen LogP contribution in [0.4, 0.5) is 0 Å². The van der Waals surface area contributed by atoms with E-state index in [-0.39, 0.29) is 0 Å². The molecule has 2 nitrogen and oxygen atoms in total. The van der Waals surface area contributed by atoms with Gasteiger partial charge in [-0.15, -0.1) is 0 Å². The molecule has 76 valence electrons. The second kappa shape index (κ2) is 4.59. The van der Waals surface area contributed by atoms with Gasteiger partial charge in [0.2, 0.25) is 0 Å². The quantitative estimate of drug-likeness (QED) is 0.510. The lowest BCUT2D eigenvalue weighted by Gasteiger charge is -2.15. The maximum Gasteiger partial charge on any atom is 0.0463 e. The maximum atomic E-state index is 5.58. The minimum Gasteiger partial charge on any atom is -0.271 e. The first kappa shape index (κ1) is 10.4. The smallest absolute Gasteiger partial charge is 0.0463 e. The highest BCUT2D eigenvalue weighted by molar-refractivity contribution is 14.1. The fraction of sp³-hybridized carbons (Fsp3) is 0.455. The molecule has 3 heteroatoms. The van der Waals surface area contributed by atoms with Crippen LogP contribution in [0.3, 0.4) is 0 Å². The Morgan fingerprint density at radius 2 is 2.29 bits per heavy atom. The summed E-state index contributed by atoms with van der Waals surface area (Å²) in [6.07, 6.45) is 3.93. The molecule has 0 amide bonds. The molecule has 1 aliphatic carbocycles. The first-order valence-electron chi connectivity index (χ1n) is 5.01. The second-order valence-electron chi connectivity index (χ2n) is 3.95. The third kappa shape index (κ3) is 2.68. The number of nitrogens with two attached hydrogens (primary N) is 1. The van der Waals surface area contributed by atoms with Crippen LogP contribution in [-0.4, -0.2) is 0 Å². The predicted molar refractivity (Wildman–Crippen MR) is 66.6 cm³/mol. The number of hydrogen-bond donors (Lipinski definition) is 2. The molecule has 3 N–H and O–H groups in total. The van der Waals surface area contributed by atoms with Crippen molar-refractivity contribution >= 4 is 22.6 Å². The first-order valence-corrected chi connectivity index (χ1v) is 6.09. The summed E-state index contributed by atoms with van der Waals surface area (Å²) < 4.78 is 1.27. The average molecular weight is 302 g/mol. The van der Waals surface area contributed by atoms with Gasteiger partial charge in [0.25, 0.3) is 0 Å². The first-order chi connectivity index (χ1) is 6.79. The molecule has 1 unspecified atom stereocenters. The van der Waals surface area contributed by atoms with Crippen molar-refractivity contribution in [3.8, 4) is 0 Å². The van der Waals surface area contributed by atoms with Gasteiger partial charge in [0, 0.05) is 9.61 Å². The van der Waals surface area contributed by atoms with Crippen molar-refractivity contribution in [2.24, 2.45) is 11.8 Å². The molecule has 1 atom stereocenters. The molecule has 0 radical (unpaired) electrons. The molecule has 1 aromatic rings. The number of benzene rings is 1. The van der Waals surface area contributed by atoms with Crippen LogP contribution in [0.1, 0.15) is 30.9 Å². The van der Waals surface area contributed by atoms with Crippen LogP contribution in [-0.2, 0) is 0 Å². The third-order valence-electron chi connectivity index (χ3n) is 2.72. The highest BCUT2D eigenvalue weighted by atomic mass is 127. The Labute approximate surface area is 98.4 Å². The van der Waals surface area contributed by atoms with E-state index in [0.29, 0.717) is 6.04 Å². The lowest BCUT2D eigenvalue weighted by atomic mass is 10.0. The van der Waals surface area contributed by atoms with E-state index in [1.807, 2.05) is 0 Å². The van der Waals surface area contributed by atoms with Gasteiger partial charge in [-0.2, -0.15) is 0 Å². The summed E-state index contributed by atoms with van der Waals surface area (Å²) in [7, 11) is 0. The van der Waals surface area contributed by atoms with Crippen LogP contribution in [0.5, 0.6) is 0 Å². The number of hydrazine groups is 1. The van der Waals surface area contributed by atoms with Crippen LogP contribution >= 0.6 is 22.6 Å². The Balaban J connectivity index is 2.08. The van der Waals surface area contributed by atoms with Gasteiger partial charge in [0.05, 0.1) is 0 Å². The Morgan fingerprint density at radius 1 is 1.50 bits per heavy atom. The Bertz CT molecular complexity index is 310. The van der Waals surface area contributed by atoms with E-state index in [1.165, 1.54) is 28.4 Å². The zero-order valence-corrected chi connectivity index (χ0v) is 10.2. The molecule has 0 aromatic heterocycles. The summed E-state index contributed by atoms with van der Waals surface area (Å²) >= 11 is 2.34. The predicted octanol–water partition coefficient (Wildman–Crippen LogP) is 2.60. The molecule has 14 heavy (non-hydrogen) atoms. The lowest BCUT2D eigenvalue weighted by molar-refractivity contribution is 0.487. The van der Waals surface area contributed by atoms with E-state index in [4.69, 9.17) is 5.84 Å². The molecule has 1 aliphatic rings. The Morgan fingerprint density at radius 3 is 2.86 bits per heavy atom. The van der Waals surface area contributed by atoms with Gasteiger partial charge in [-0.3, -0.25) is 11.3 Å². The Hall–Kier alpha value is -0.130. The van der Waals surface area contributed by atoms with Gasteiger partial charge in [-0.1, -0.05) is 25.0 Å². The van der Waals surface area contributed by atoms with Gasteiger partial charge in [-0.05, 0) is 52.6 Å². The summed E-state index contributed by atoms with van der Waals surface area (Å²) in [4.78, 5) is 0. The minimum absolute atomic E-state index is 0.331. The molecule has 0 aliphatic heterocycles. The van der Waals surface area contributed by atoms with Gasteiger partial charge in [0.15, 0.2) is 0 Å². The lowest BCUT2D eigenvalue weighted by Crippen LogP contribution is -2.28. The summed E-state index contributed by atoms with van der Waals surface area (Å²) in [5.41, 5.74) is 4.22. The molecule has 0 spiro atoms. The molecule has 1 aromatic carbocycles. The van der Waals surface area contributed by atoms with E-state index < -0.39 is 0 Å². The minimum atomic E-state index is 0.331. The van der Waals surface area contributed by atoms with Gasteiger partial charge >= 0.3 is 0 Å². The maximum absolute atomic E-state index is 5.58. The van der Waals surface area contributed by atoms with Gasteiger partial charge < -0.3 is 0 Å². The fourth-order valence-electron chi connectivity index (χ4n) is 1.71. The van der Waals surface area contributed by atoms with Crippen molar-refractivity contribution in [1.29, 1.82) is 0 Å². The van der Waals surface area contributed by atoms with Crippen molar-refractivity contribution in [2.45, 2.75) is 25.3 Å². The largest absolute Gasteiger partial charge is 0.271 e. The number of nitrogens with one attached hydrogen (secondary N) is 1. The molecule has 0 saturated heterocycles. The summed E-state index contributed by atoms with van der Waals surface area (Å²) in [5, 5.41) is 0. The third-order valence-corrected chi connectivity index (χ3v) is 3.39. The summed E-state index contributed by atoms with van der Waals surface area (Å²) in [6, 6.07) is 8.88. The van der Waals surface area contributed by atoms with Crippen LogP contribution in [0.2, 0.25) is 0 Å². The molecule has 1 fully saturated rings. The highest BCUT2D eigenvalue weighted by Crippen LogP contribution is 2.37. The van der Waals surface area contributed by atoms with Crippen LogP contribution in [0, 0.1) is 9.49 Å². The number of rotatable bonds is 4. The molecule has 1 saturated carbocycles. The Kier molecular flexibility index (Phi) is 3.41. The molecular formula is C11H15IN2. The average Bonchev–Trinajstić information content (AvgIpc) is 2.98. The van der Waals surface area contributed by atoms with Crippen molar-refractivity contribution in [3.05, 3.63) is 33.4 Å². The van der Waals surface area contributed by atoms with Crippen LogP contribution < -0.4 is 11.3 Å². The van der Waals surface area contributed by atoms with Crippen LogP contribution in [0.25, 0.3) is 0 Å². The standard InChI is InChI=1S/C11H15IN2/c12-10-3-1-2-9(7-10)11(14-13)6-8-4-5-8/h1-3,7-8,11,14H,4-6,13H2. The summed E-state index contributed by atoms with van der Waals surface area (Å²) in [5.74, 6) is 6.48. The SMILES string of the molecule is NNC(CC1CC1)c1cccc(I)c1. The molecular weight excluding hydrogens is 287 g/mol. The topological polar surface area (TPSA) is 38.0 Å². The van der Waals surface area contributed by atoms with Gasteiger partial charge in [0.1, 0.15) is 0 Å².